The van der Waals surface area contributed by atoms with Gasteiger partial charge in [0.1, 0.15) is 17.3 Å². The number of carbonyl (C=O) groups excluding carboxylic acids is 1. The first-order valence-corrected chi connectivity index (χ1v) is 11.5. The van der Waals surface area contributed by atoms with E-state index >= 15 is 0 Å². The van der Waals surface area contributed by atoms with Crippen molar-refractivity contribution in [3.63, 3.8) is 0 Å². The minimum absolute atomic E-state index is 0.191. The van der Waals surface area contributed by atoms with Crippen molar-refractivity contribution >= 4 is 19.7 Å². The Labute approximate surface area is 184 Å². The van der Waals surface area contributed by atoms with Gasteiger partial charge in [-0.2, -0.15) is 4.57 Å². The number of carbonyl (C=O) groups is 2. The lowest BCUT2D eigenvalue weighted by Crippen LogP contribution is -2.63. The molecule has 2 aliphatic rings. The quantitative estimate of drug-likeness (QED) is 0.455. The van der Waals surface area contributed by atoms with Crippen molar-refractivity contribution in [2.75, 3.05) is 0 Å². The van der Waals surface area contributed by atoms with Gasteiger partial charge < -0.3 is 23.8 Å². The number of phosphoric acid groups is 1. The zero-order valence-electron chi connectivity index (χ0n) is 17.3. The lowest BCUT2D eigenvalue weighted by molar-refractivity contribution is -0.163. The fourth-order valence-electron chi connectivity index (χ4n) is 4.04. The summed E-state index contributed by atoms with van der Waals surface area (Å²) in [4.78, 5) is 25.6. The van der Waals surface area contributed by atoms with Gasteiger partial charge in [0.2, 0.25) is 5.91 Å². The molecule has 2 N–H and O–H groups in total. The van der Waals surface area contributed by atoms with Crippen molar-refractivity contribution in [2.45, 2.75) is 26.0 Å². The van der Waals surface area contributed by atoms with E-state index in [1.54, 1.807) is 67.6 Å². The molecule has 2 aromatic rings. The predicted molar refractivity (Wildman–Crippen MR) is 112 cm³/mol. The average Bonchev–Trinajstić information content (AvgIpc) is 2.97. The summed E-state index contributed by atoms with van der Waals surface area (Å²) in [6.45, 7) is 3.11. The van der Waals surface area contributed by atoms with Crippen LogP contribution < -0.4 is 9.05 Å². The maximum absolute atomic E-state index is 13.7. The van der Waals surface area contributed by atoms with Crippen LogP contribution in [0, 0.1) is 11.8 Å². The topological polar surface area (TPSA) is 123 Å². The van der Waals surface area contributed by atoms with Crippen LogP contribution in [0.2, 0.25) is 0 Å². The minimum atomic E-state index is -4.44. The zero-order chi connectivity index (χ0) is 23.0. The molecule has 2 aromatic carbocycles. The van der Waals surface area contributed by atoms with Gasteiger partial charge >= 0.3 is 13.8 Å². The van der Waals surface area contributed by atoms with Crippen molar-refractivity contribution in [3.05, 3.63) is 72.1 Å². The Hall–Kier alpha value is -3.29. The van der Waals surface area contributed by atoms with Crippen LogP contribution in [-0.4, -0.2) is 39.1 Å². The first-order valence-electron chi connectivity index (χ1n) is 9.99. The molecule has 0 bridgehead atoms. The second-order valence-electron chi connectivity index (χ2n) is 7.62. The average molecular weight is 459 g/mol. The van der Waals surface area contributed by atoms with Gasteiger partial charge in [-0.05, 0) is 31.2 Å². The number of amides is 1. The van der Waals surface area contributed by atoms with Crippen LogP contribution in [0.4, 0.5) is 0 Å². The molecule has 2 heterocycles. The number of benzene rings is 2. The first kappa shape index (κ1) is 21.9. The summed E-state index contributed by atoms with van der Waals surface area (Å²) < 4.78 is 30.5. The summed E-state index contributed by atoms with van der Waals surface area (Å²) in [7, 11) is -4.44. The lowest BCUT2D eigenvalue weighted by atomic mass is 9.79. The fourth-order valence-corrected chi connectivity index (χ4v) is 5.40. The van der Waals surface area contributed by atoms with E-state index in [1.165, 1.54) is 6.92 Å². The number of rotatable bonds is 8. The molecule has 0 aromatic heterocycles. The van der Waals surface area contributed by atoms with Crippen molar-refractivity contribution in [1.82, 2.24) is 4.90 Å². The van der Waals surface area contributed by atoms with Gasteiger partial charge in [-0.15, -0.1) is 0 Å². The number of aliphatic hydroxyl groups is 1. The number of β-lactam (4-membered cyclic amide) rings is 1. The van der Waals surface area contributed by atoms with Crippen LogP contribution in [0.1, 0.15) is 13.8 Å². The number of carboxylic acids is 1. The zero-order valence-corrected chi connectivity index (χ0v) is 18.2. The SMILES string of the molecule is CC(O)[C@H]1C(=O)N2C(C(=O)O)=C(OP(=O)(Oc3ccccc3)Oc3ccccc3)[C@H](C)[C@H]12. The molecule has 9 nitrogen and oxygen atoms in total. The Balaban J connectivity index is 1.71. The largest absolute Gasteiger partial charge is 0.646 e. The molecule has 10 heteroatoms. The molecular weight excluding hydrogens is 437 g/mol. The molecule has 1 unspecified atom stereocenters. The number of para-hydroxylation sites is 2. The molecule has 1 saturated heterocycles. The van der Waals surface area contributed by atoms with Crippen molar-refractivity contribution in [2.24, 2.45) is 11.8 Å². The number of hydrogen-bond donors (Lipinski definition) is 2. The number of phosphoric ester groups is 1. The second-order valence-corrected chi connectivity index (χ2v) is 9.06. The molecule has 0 saturated carbocycles. The summed E-state index contributed by atoms with van der Waals surface area (Å²) in [5.41, 5.74) is -0.432. The van der Waals surface area contributed by atoms with Gasteiger partial charge in [-0.25, -0.2) is 4.79 Å². The molecule has 2 aliphatic heterocycles. The Kier molecular flexibility index (Phi) is 5.71. The molecule has 4 rings (SSSR count). The molecule has 4 atom stereocenters. The fraction of sp³-hybridized carbons (Fsp3) is 0.273. The molecular formula is C22H22NO8P. The third kappa shape index (κ3) is 3.85. The Morgan fingerprint density at radius 1 is 1.00 bits per heavy atom. The smallest absolute Gasteiger partial charge is 0.476 e. The Morgan fingerprint density at radius 3 is 1.94 bits per heavy atom. The highest BCUT2D eigenvalue weighted by atomic mass is 31.2. The van der Waals surface area contributed by atoms with Gasteiger partial charge in [-0.3, -0.25) is 9.69 Å². The second kappa shape index (κ2) is 8.33. The van der Waals surface area contributed by atoms with E-state index in [0.717, 1.165) is 4.90 Å². The summed E-state index contributed by atoms with van der Waals surface area (Å²) in [6.07, 6.45) is -0.978. The summed E-state index contributed by atoms with van der Waals surface area (Å²) in [5.74, 6) is -3.22. The van der Waals surface area contributed by atoms with Crippen LogP contribution in [0.5, 0.6) is 11.5 Å². The first-order chi connectivity index (χ1) is 15.2. The monoisotopic (exact) mass is 459 g/mol. The van der Waals surface area contributed by atoms with Crippen molar-refractivity contribution in [1.29, 1.82) is 0 Å². The van der Waals surface area contributed by atoms with Crippen molar-refractivity contribution < 1.29 is 37.9 Å². The minimum Gasteiger partial charge on any atom is -0.476 e. The highest BCUT2D eigenvalue weighted by Gasteiger charge is 2.62. The van der Waals surface area contributed by atoms with Gasteiger partial charge in [0.25, 0.3) is 0 Å². The maximum Gasteiger partial charge on any atom is 0.646 e. The number of aliphatic hydroxyl groups excluding tert-OH is 1. The van der Waals surface area contributed by atoms with Crippen LogP contribution in [0.15, 0.2) is 72.1 Å². The van der Waals surface area contributed by atoms with E-state index in [-0.39, 0.29) is 17.3 Å². The number of aliphatic carboxylic acids is 1. The van der Waals surface area contributed by atoms with E-state index in [2.05, 4.69) is 0 Å². The van der Waals surface area contributed by atoms with Crippen LogP contribution in [0.3, 0.4) is 0 Å². The normalized spacial score (nSPS) is 23.3. The van der Waals surface area contributed by atoms with Crippen LogP contribution in [-0.2, 0) is 18.7 Å². The summed E-state index contributed by atoms with van der Waals surface area (Å²) in [6, 6.07) is 15.7. The maximum atomic E-state index is 13.7. The number of carboxylic acid groups (broad SMARTS) is 1. The predicted octanol–water partition coefficient (Wildman–Crippen LogP) is 3.42. The molecule has 0 spiro atoms. The number of fused-ring (bicyclic) bond motifs is 1. The van der Waals surface area contributed by atoms with E-state index in [1.807, 2.05) is 0 Å². The van der Waals surface area contributed by atoms with Gasteiger partial charge in [0.15, 0.2) is 5.70 Å². The van der Waals surface area contributed by atoms with Crippen molar-refractivity contribution in [3.8, 4) is 11.5 Å². The third-order valence-electron chi connectivity index (χ3n) is 5.44. The van der Waals surface area contributed by atoms with E-state index in [0.29, 0.717) is 0 Å². The third-order valence-corrected chi connectivity index (χ3v) is 6.73. The summed E-state index contributed by atoms with van der Waals surface area (Å²) in [5, 5.41) is 19.8. The Bertz CT molecular complexity index is 1060. The Morgan fingerprint density at radius 2 is 1.50 bits per heavy atom. The van der Waals surface area contributed by atoms with Gasteiger partial charge in [0, 0.05) is 5.92 Å². The van der Waals surface area contributed by atoms with E-state index < -0.39 is 49.4 Å². The number of hydrogen-bond acceptors (Lipinski definition) is 7. The number of nitrogens with zero attached hydrogens (tertiary/aromatic N) is 1. The van der Waals surface area contributed by atoms with E-state index in [4.69, 9.17) is 13.6 Å². The summed E-state index contributed by atoms with van der Waals surface area (Å²) >= 11 is 0. The van der Waals surface area contributed by atoms with Gasteiger partial charge in [-0.1, -0.05) is 43.3 Å². The lowest BCUT2D eigenvalue weighted by Gasteiger charge is -2.45. The van der Waals surface area contributed by atoms with Gasteiger partial charge in [0.05, 0.1) is 18.1 Å². The highest BCUT2D eigenvalue weighted by molar-refractivity contribution is 7.49. The molecule has 0 radical (unpaired) electrons. The van der Waals surface area contributed by atoms with Crippen LogP contribution >= 0.6 is 7.82 Å². The molecule has 1 fully saturated rings. The molecule has 0 aliphatic carbocycles. The molecule has 32 heavy (non-hydrogen) atoms. The standard InChI is InChI=1S/C22H22NO8P/c1-13-18-17(14(2)24)21(25)23(18)19(22(26)27)20(13)31-32(28,29-15-9-5-3-6-10-15)30-16-11-7-4-8-12-16/h3-14,17-18,24H,1-2H3,(H,26,27)/t13-,14?,17-,18-/m1/s1. The van der Waals surface area contributed by atoms with E-state index in [9.17, 15) is 24.4 Å². The van der Waals surface area contributed by atoms with Crippen LogP contribution in [0.25, 0.3) is 0 Å². The highest BCUT2D eigenvalue weighted by Crippen LogP contribution is 2.56. The molecule has 1 amide bonds. The molecule has 168 valence electrons.